The zero-order chi connectivity index (χ0) is 13.2. The minimum atomic E-state index is -0.458. The van der Waals surface area contributed by atoms with Crippen molar-refractivity contribution in [2.75, 3.05) is 12.3 Å². The highest BCUT2D eigenvalue weighted by molar-refractivity contribution is 7.12. The predicted octanol–water partition coefficient (Wildman–Crippen LogP) is 2.00. The lowest BCUT2D eigenvalue weighted by atomic mass is 9.77. The number of nitrogens with one attached hydrogen (secondary N) is 1. The summed E-state index contributed by atoms with van der Waals surface area (Å²) in [7, 11) is 0. The fourth-order valence-electron chi connectivity index (χ4n) is 2.44. The monoisotopic (exact) mass is 268 g/mol. The molecule has 1 aliphatic rings. The average Bonchev–Trinajstić information content (AvgIpc) is 2.79. The Kier molecular flexibility index (Phi) is 3.92. The number of aliphatic hydroxyl groups is 1. The van der Waals surface area contributed by atoms with Gasteiger partial charge in [-0.25, -0.2) is 0 Å². The molecule has 1 saturated carbocycles. The Balaban J connectivity index is 2.07. The van der Waals surface area contributed by atoms with Gasteiger partial charge in [-0.05, 0) is 43.0 Å². The van der Waals surface area contributed by atoms with Crippen molar-refractivity contribution in [2.45, 2.75) is 38.1 Å². The number of nitrogens with two attached hydrogens (primary N) is 1. The molecule has 18 heavy (non-hydrogen) atoms. The molecule has 0 aromatic carbocycles. The summed E-state index contributed by atoms with van der Waals surface area (Å²) in [6.07, 6.45) is 3.75. The van der Waals surface area contributed by atoms with E-state index >= 15 is 0 Å². The number of hydrogen-bond acceptors (Lipinski definition) is 4. The maximum absolute atomic E-state index is 12.1. The van der Waals surface area contributed by atoms with Gasteiger partial charge in [0, 0.05) is 0 Å². The summed E-state index contributed by atoms with van der Waals surface area (Å²) >= 11 is 1.34. The zero-order valence-corrected chi connectivity index (χ0v) is 11.4. The summed E-state index contributed by atoms with van der Waals surface area (Å²) in [6.45, 7) is 2.21. The maximum atomic E-state index is 12.1. The number of carbonyl (C=O) groups is 1. The quantitative estimate of drug-likeness (QED) is 0.785. The van der Waals surface area contributed by atoms with Crippen LogP contribution >= 0.6 is 11.3 Å². The van der Waals surface area contributed by atoms with Crippen LogP contribution in [0.2, 0.25) is 0 Å². The lowest BCUT2D eigenvalue weighted by molar-refractivity contribution is 0.0721. The molecule has 0 aliphatic heterocycles. The summed E-state index contributed by atoms with van der Waals surface area (Å²) in [6, 6.07) is 1.73. The van der Waals surface area contributed by atoms with E-state index in [2.05, 4.69) is 12.2 Å². The Bertz CT molecular complexity index is 422. The molecule has 4 nitrogen and oxygen atoms in total. The summed E-state index contributed by atoms with van der Waals surface area (Å²) < 4.78 is 0. The van der Waals surface area contributed by atoms with Gasteiger partial charge in [-0.1, -0.05) is 6.92 Å². The van der Waals surface area contributed by atoms with Gasteiger partial charge in [0.1, 0.15) is 4.88 Å². The number of anilines is 1. The molecular weight excluding hydrogens is 248 g/mol. The van der Waals surface area contributed by atoms with Gasteiger partial charge in [0.05, 0.1) is 17.8 Å². The second-order valence-corrected chi connectivity index (χ2v) is 6.20. The second kappa shape index (κ2) is 5.28. The standard InChI is InChI=1S/C13H20N2O2S/c1-9-2-5-13(8-16,6-3-9)15-12(17)11-10(14)4-7-18-11/h4,7,9,16H,2-3,5-6,8,14H2,1H3,(H,15,17). The predicted molar refractivity (Wildman–Crippen MR) is 73.6 cm³/mol. The number of hydrogen-bond donors (Lipinski definition) is 3. The van der Waals surface area contributed by atoms with E-state index in [0.717, 1.165) is 25.7 Å². The fraction of sp³-hybridized carbons (Fsp3) is 0.615. The van der Waals surface area contributed by atoms with Crippen LogP contribution in [0.15, 0.2) is 11.4 Å². The Morgan fingerprint density at radius 2 is 2.28 bits per heavy atom. The number of rotatable bonds is 3. The average molecular weight is 268 g/mol. The van der Waals surface area contributed by atoms with Crippen molar-refractivity contribution in [2.24, 2.45) is 5.92 Å². The van der Waals surface area contributed by atoms with Crippen molar-refractivity contribution in [1.82, 2.24) is 5.32 Å². The molecule has 1 aliphatic carbocycles. The summed E-state index contributed by atoms with van der Waals surface area (Å²) in [5.41, 5.74) is 5.79. The van der Waals surface area contributed by atoms with Gasteiger partial charge in [-0.3, -0.25) is 4.79 Å². The van der Waals surface area contributed by atoms with E-state index in [1.165, 1.54) is 11.3 Å². The lowest BCUT2D eigenvalue weighted by Gasteiger charge is -2.38. The van der Waals surface area contributed by atoms with E-state index in [1.54, 1.807) is 11.4 Å². The van der Waals surface area contributed by atoms with Crippen LogP contribution in [0.1, 0.15) is 42.3 Å². The first-order chi connectivity index (χ1) is 8.56. The highest BCUT2D eigenvalue weighted by atomic mass is 32.1. The number of thiophene rings is 1. The summed E-state index contributed by atoms with van der Waals surface area (Å²) in [4.78, 5) is 12.7. The van der Waals surface area contributed by atoms with Gasteiger partial charge < -0.3 is 16.2 Å². The van der Waals surface area contributed by atoms with E-state index in [-0.39, 0.29) is 12.5 Å². The fourth-order valence-corrected chi connectivity index (χ4v) is 3.15. The van der Waals surface area contributed by atoms with Crippen LogP contribution in [0.5, 0.6) is 0 Å². The van der Waals surface area contributed by atoms with Crippen molar-refractivity contribution in [3.63, 3.8) is 0 Å². The third kappa shape index (κ3) is 2.67. The molecule has 1 heterocycles. The highest BCUT2D eigenvalue weighted by Gasteiger charge is 2.35. The van der Waals surface area contributed by atoms with Gasteiger partial charge in [0.15, 0.2) is 0 Å². The van der Waals surface area contributed by atoms with Crippen molar-refractivity contribution in [3.8, 4) is 0 Å². The molecule has 1 aromatic heterocycles. The summed E-state index contributed by atoms with van der Waals surface area (Å²) in [5.74, 6) is 0.513. The first kappa shape index (κ1) is 13.4. The SMILES string of the molecule is CC1CCC(CO)(NC(=O)c2sccc2N)CC1. The third-order valence-corrected chi connectivity index (χ3v) is 4.74. The Labute approximate surface area is 111 Å². The molecule has 1 aromatic rings. The lowest BCUT2D eigenvalue weighted by Crippen LogP contribution is -2.53. The molecule has 0 unspecified atom stereocenters. The van der Waals surface area contributed by atoms with Crippen LogP contribution in [0, 0.1) is 5.92 Å². The molecule has 1 fully saturated rings. The second-order valence-electron chi connectivity index (χ2n) is 5.28. The van der Waals surface area contributed by atoms with Crippen LogP contribution in [0.25, 0.3) is 0 Å². The van der Waals surface area contributed by atoms with Crippen molar-refractivity contribution in [1.29, 1.82) is 0 Å². The molecule has 0 saturated heterocycles. The van der Waals surface area contributed by atoms with E-state index in [9.17, 15) is 9.90 Å². The Morgan fingerprint density at radius 1 is 1.61 bits per heavy atom. The molecular formula is C13H20N2O2S. The van der Waals surface area contributed by atoms with E-state index < -0.39 is 5.54 Å². The van der Waals surface area contributed by atoms with Gasteiger partial charge in [-0.2, -0.15) is 0 Å². The van der Waals surface area contributed by atoms with E-state index in [0.29, 0.717) is 16.5 Å². The molecule has 4 N–H and O–H groups in total. The van der Waals surface area contributed by atoms with Crippen LogP contribution in [0.4, 0.5) is 5.69 Å². The summed E-state index contributed by atoms with van der Waals surface area (Å²) in [5, 5.41) is 14.4. The first-order valence-corrected chi connectivity index (χ1v) is 7.21. The maximum Gasteiger partial charge on any atom is 0.263 e. The number of amides is 1. The number of nitrogen functional groups attached to an aromatic ring is 1. The molecule has 0 spiro atoms. The molecule has 0 radical (unpaired) electrons. The molecule has 2 rings (SSSR count). The van der Waals surface area contributed by atoms with Crippen LogP contribution in [0.3, 0.4) is 0 Å². The molecule has 1 amide bonds. The minimum Gasteiger partial charge on any atom is -0.397 e. The third-order valence-electron chi connectivity index (χ3n) is 3.81. The molecule has 0 atom stereocenters. The zero-order valence-electron chi connectivity index (χ0n) is 10.6. The minimum absolute atomic E-state index is 0.00323. The largest absolute Gasteiger partial charge is 0.397 e. The van der Waals surface area contributed by atoms with Gasteiger partial charge in [0.25, 0.3) is 5.91 Å². The van der Waals surface area contributed by atoms with Gasteiger partial charge in [-0.15, -0.1) is 11.3 Å². The molecule has 100 valence electrons. The Morgan fingerprint density at radius 3 is 2.78 bits per heavy atom. The highest BCUT2D eigenvalue weighted by Crippen LogP contribution is 2.32. The first-order valence-electron chi connectivity index (χ1n) is 6.33. The molecule has 5 heteroatoms. The number of carbonyl (C=O) groups excluding carboxylic acids is 1. The van der Waals surface area contributed by atoms with Crippen LogP contribution < -0.4 is 11.1 Å². The van der Waals surface area contributed by atoms with Crippen molar-refractivity contribution in [3.05, 3.63) is 16.3 Å². The molecule has 0 bridgehead atoms. The van der Waals surface area contributed by atoms with Gasteiger partial charge >= 0.3 is 0 Å². The smallest absolute Gasteiger partial charge is 0.263 e. The van der Waals surface area contributed by atoms with Gasteiger partial charge in [0.2, 0.25) is 0 Å². The van der Waals surface area contributed by atoms with Crippen molar-refractivity contribution < 1.29 is 9.90 Å². The number of aliphatic hydroxyl groups excluding tert-OH is 1. The van der Waals surface area contributed by atoms with E-state index in [1.807, 2.05) is 0 Å². The Hall–Kier alpha value is -1.07. The van der Waals surface area contributed by atoms with Crippen LogP contribution in [-0.4, -0.2) is 23.2 Å². The normalized spacial score (nSPS) is 28.0. The van der Waals surface area contributed by atoms with Crippen molar-refractivity contribution >= 4 is 22.9 Å². The topological polar surface area (TPSA) is 75.3 Å². The van der Waals surface area contributed by atoms with Crippen LogP contribution in [-0.2, 0) is 0 Å². The van der Waals surface area contributed by atoms with E-state index in [4.69, 9.17) is 5.73 Å².